The van der Waals surface area contributed by atoms with E-state index in [-0.39, 0.29) is 36.7 Å². The van der Waals surface area contributed by atoms with E-state index < -0.39 is 0 Å². The highest BCUT2D eigenvalue weighted by molar-refractivity contribution is 6.36. The normalized spacial score (nSPS) is 16.4. The molecule has 0 radical (unpaired) electrons. The van der Waals surface area contributed by atoms with Gasteiger partial charge in [0.1, 0.15) is 0 Å². The molecule has 8 heteroatoms. The fraction of sp³-hybridized carbons (Fsp3) is 0.500. The van der Waals surface area contributed by atoms with Crippen LogP contribution in [0.1, 0.15) is 19.8 Å². The molecular weight excluding hydrogens is 373 g/mol. The summed E-state index contributed by atoms with van der Waals surface area (Å²) in [5, 5.41) is 6.79. The molecule has 2 rings (SSSR count). The van der Waals surface area contributed by atoms with E-state index >= 15 is 0 Å². The van der Waals surface area contributed by atoms with Gasteiger partial charge in [-0.25, -0.2) is 0 Å². The second-order valence-corrected chi connectivity index (χ2v) is 6.47. The molecule has 0 aromatic heterocycles. The Morgan fingerprint density at radius 3 is 2.71 bits per heavy atom. The monoisotopic (exact) mass is 393 g/mol. The number of rotatable bonds is 6. The molecule has 0 spiro atoms. The Labute approximate surface area is 158 Å². The van der Waals surface area contributed by atoms with Gasteiger partial charge in [-0.3, -0.25) is 9.59 Å². The summed E-state index contributed by atoms with van der Waals surface area (Å²) < 4.78 is 0. The molecule has 1 aromatic carbocycles. The van der Waals surface area contributed by atoms with E-state index in [1.165, 1.54) is 0 Å². The summed E-state index contributed by atoms with van der Waals surface area (Å²) in [5.41, 5.74) is 0.493. The molecule has 1 fully saturated rings. The topological polar surface area (TPSA) is 61.4 Å². The minimum absolute atomic E-state index is 0. The molecule has 24 heavy (non-hydrogen) atoms. The molecule has 0 saturated carbocycles. The predicted octanol–water partition coefficient (Wildman–Crippen LogP) is 3.20. The number of hydrogen-bond acceptors (Lipinski definition) is 3. The molecule has 134 valence electrons. The van der Waals surface area contributed by atoms with Crippen LogP contribution in [0.5, 0.6) is 0 Å². The van der Waals surface area contributed by atoms with Gasteiger partial charge >= 0.3 is 0 Å². The maximum Gasteiger partial charge on any atom is 0.244 e. The van der Waals surface area contributed by atoms with E-state index in [0.717, 1.165) is 19.4 Å². The van der Waals surface area contributed by atoms with E-state index in [4.69, 9.17) is 23.2 Å². The maximum absolute atomic E-state index is 12.5. The van der Waals surface area contributed by atoms with Crippen LogP contribution in [0.25, 0.3) is 0 Å². The quantitative estimate of drug-likeness (QED) is 0.779. The highest BCUT2D eigenvalue weighted by atomic mass is 35.5. The first-order valence-corrected chi connectivity index (χ1v) is 8.51. The Hall–Kier alpha value is -1.01. The molecule has 0 bridgehead atoms. The largest absolute Gasteiger partial charge is 0.333 e. The lowest BCUT2D eigenvalue weighted by molar-refractivity contribution is -0.137. The first kappa shape index (κ1) is 21.0. The molecule has 1 atom stereocenters. The summed E-state index contributed by atoms with van der Waals surface area (Å²) in [4.78, 5) is 26.4. The number of amides is 2. The lowest BCUT2D eigenvalue weighted by Gasteiger charge is -2.24. The maximum atomic E-state index is 12.5. The van der Waals surface area contributed by atoms with E-state index in [2.05, 4.69) is 10.6 Å². The van der Waals surface area contributed by atoms with E-state index in [9.17, 15) is 9.59 Å². The standard InChI is InChI=1S/C16H21Cl2N3O2.ClH/c1-2-7-21(16(23)11-5-6-19-9-11)10-15(22)20-14-4-3-12(17)8-13(14)18;/h3-4,8,11,19H,2,5-7,9-10H2,1H3,(H,20,22);1H. The van der Waals surface area contributed by atoms with Crippen molar-refractivity contribution < 1.29 is 9.59 Å². The zero-order valence-corrected chi connectivity index (χ0v) is 15.8. The van der Waals surface area contributed by atoms with Crippen molar-refractivity contribution in [2.24, 2.45) is 5.92 Å². The van der Waals surface area contributed by atoms with E-state index in [0.29, 0.717) is 28.8 Å². The Bertz CT molecular complexity index is 578. The number of carbonyl (C=O) groups is 2. The van der Waals surface area contributed by atoms with Gasteiger partial charge in [-0.1, -0.05) is 30.1 Å². The Morgan fingerprint density at radius 1 is 1.38 bits per heavy atom. The van der Waals surface area contributed by atoms with Crippen LogP contribution in [-0.2, 0) is 9.59 Å². The molecule has 2 amide bonds. The number of nitrogens with zero attached hydrogens (tertiary/aromatic N) is 1. The van der Waals surface area contributed by atoms with Crippen LogP contribution in [0.3, 0.4) is 0 Å². The van der Waals surface area contributed by atoms with Crippen LogP contribution in [0, 0.1) is 5.92 Å². The minimum Gasteiger partial charge on any atom is -0.333 e. The zero-order chi connectivity index (χ0) is 16.8. The van der Waals surface area contributed by atoms with Gasteiger partial charge in [-0.15, -0.1) is 12.4 Å². The van der Waals surface area contributed by atoms with Crippen molar-refractivity contribution in [1.29, 1.82) is 0 Å². The summed E-state index contributed by atoms with van der Waals surface area (Å²) in [6.45, 7) is 4.12. The van der Waals surface area contributed by atoms with Gasteiger partial charge in [0, 0.05) is 18.1 Å². The van der Waals surface area contributed by atoms with Crippen molar-refractivity contribution in [3.05, 3.63) is 28.2 Å². The van der Waals surface area contributed by atoms with Gasteiger partial charge in [0.05, 0.1) is 23.2 Å². The fourth-order valence-corrected chi connectivity index (χ4v) is 3.07. The second kappa shape index (κ2) is 10.1. The second-order valence-electron chi connectivity index (χ2n) is 5.62. The summed E-state index contributed by atoms with van der Waals surface area (Å²) in [7, 11) is 0. The van der Waals surface area contributed by atoms with Gasteiger partial charge in [0.2, 0.25) is 11.8 Å². The third-order valence-electron chi connectivity index (χ3n) is 3.75. The molecule has 1 saturated heterocycles. The molecule has 1 aromatic rings. The van der Waals surface area contributed by atoms with Crippen LogP contribution in [0.15, 0.2) is 18.2 Å². The molecule has 1 heterocycles. The molecule has 2 N–H and O–H groups in total. The predicted molar refractivity (Wildman–Crippen MR) is 100 cm³/mol. The Kier molecular flexibility index (Phi) is 8.84. The van der Waals surface area contributed by atoms with Crippen LogP contribution in [0.2, 0.25) is 10.0 Å². The van der Waals surface area contributed by atoms with Gasteiger partial charge in [-0.05, 0) is 37.6 Å². The van der Waals surface area contributed by atoms with Crippen LogP contribution < -0.4 is 10.6 Å². The summed E-state index contributed by atoms with van der Waals surface area (Å²) in [6, 6.07) is 4.87. The van der Waals surface area contributed by atoms with E-state index in [1.807, 2.05) is 6.92 Å². The van der Waals surface area contributed by atoms with Crippen LogP contribution in [-0.4, -0.2) is 42.9 Å². The zero-order valence-electron chi connectivity index (χ0n) is 13.5. The summed E-state index contributed by atoms with van der Waals surface area (Å²) >= 11 is 11.9. The van der Waals surface area contributed by atoms with Crippen molar-refractivity contribution >= 4 is 53.1 Å². The molecule has 0 aliphatic carbocycles. The summed E-state index contributed by atoms with van der Waals surface area (Å²) in [5.74, 6) is -0.260. The van der Waals surface area contributed by atoms with E-state index in [1.54, 1.807) is 23.1 Å². The molecular formula is C16H22Cl3N3O2. The summed E-state index contributed by atoms with van der Waals surface area (Å²) in [6.07, 6.45) is 1.63. The number of nitrogens with one attached hydrogen (secondary N) is 2. The third-order valence-corrected chi connectivity index (χ3v) is 4.30. The van der Waals surface area contributed by atoms with Crippen molar-refractivity contribution in [3.63, 3.8) is 0 Å². The molecule has 5 nitrogen and oxygen atoms in total. The third kappa shape index (κ3) is 5.81. The van der Waals surface area contributed by atoms with Crippen molar-refractivity contribution in [2.45, 2.75) is 19.8 Å². The number of benzene rings is 1. The van der Waals surface area contributed by atoms with Gasteiger partial charge < -0.3 is 15.5 Å². The number of halogens is 3. The lowest BCUT2D eigenvalue weighted by atomic mass is 10.1. The van der Waals surface area contributed by atoms with Gasteiger partial charge in [-0.2, -0.15) is 0 Å². The Morgan fingerprint density at radius 2 is 2.12 bits per heavy atom. The van der Waals surface area contributed by atoms with Crippen molar-refractivity contribution in [3.8, 4) is 0 Å². The van der Waals surface area contributed by atoms with Gasteiger partial charge in [0.25, 0.3) is 0 Å². The molecule has 1 unspecified atom stereocenters. The van der Waals surface area contributed by atoms with Crippen LogP contribution >= 0.6 is 35.6 Å². The molecule has 1 aliphatic heterocycles. The van der Waals surface area contributed by atoms with Crippen LogP contribution in [0.4, 0.5) is 5.69 Å². The SMILES string of the molecule is CCCN(CC(=O)Nc1ccc(Cl)cc1Cl)C(=O)C1CCNC1.Cl. The number of carbonyl (C=O) groups excluding carboxylic acids is 2. The number of hydrogen-bond donors (Lipinski definition) is 2. The van der Waals surface area contributed by atoms with Crippen molar-refractivity contribution in [2.75, 3.05) is 31.5 Å². The van der Waals surface area contributed by atoms with Gasteiger partial charge in [0.15, 0.2) is 0 Å². The Balaban J connectivity index is 0.00000288. The van der Waals surface area contributed by atoms with Crippen molar-refractivity contribution in [1.82, 2.24) is 10.2 Å². The fourth-order valence-electron chi connectivity index (χ4n) is 2.61. The highest BCUT2D eigenvalue weighted by Crippen LogP contribution is 2.25. The number of anilines is 1. The average Bonchev–Trinajstić information content (AvgIpc) is 3.03. The smallest absolute Gasteiger partial charge is 0.244 e. The average molecular weight is 395 g/mol. The molecule has 1 aliphatic rings. The minimum atomic E-state index is -0.262. The first-order valence-electron chi connectivity index (χ1n) is 7.75. The first-order chi connectivity index (χ1) is 11.0. The highest BCUT2D eigenvalue weighted by Gasteiger charge is 2.27. The lowest BCUT2D eigenvalue weighted by Crippen LogP contribution is -2.42.